The lowest BCUT2D eigenvalue weighted by Gasteiger charge is -2.06. The Balaban J connectivity index is 2.63. The van der Waals surface area contributed by atoms with Crippen LogP contribution in [0.3, 0.4) is 0 Å². The molecule has 0 saturated heterocycles. The minimum absolute atomic E-state index is 0.143. The number of hydrogen-bond acceptors (Lipinski definition) is 2. The third kappa shape index (κ3) is 4.19. The normalized spacial score (nSPS) is 9.88. The Kier molecular flexibility index (Phi) is 5.37. The minimum Gasteiger partial charge on any atom is -0.393 e. The molecule has 1 aromatic rings. The van der Waals surface area contributed by atoms with Gasteiger partial charge in [0.2, 0.25) is 0 Å². The summed E-state index contributed by atoms with van der Waals surface area (Å²) in [5.41, 5.74) is 5.92. The number of halogens is 2. The zero-order valence-corrected chi connectivity index (χ0v) is 12.3. The summed E-state index contributed by atoms with van der Waals surface area (Å²) in [7, 11) is 0. The predicted molar refractivity (Wildman–Crippen MR) is 75.6 cm³/mol. The van der Waals surface area contributed by atoms with Crippen LogP contribution in [0.1, 0.15) is 16.8 Å². The topological polar surface area (TPSA) is 55.1 Å². The van der Waals surface area contributed by atoms with E-state index in [1.807, 2.05) is 12.1 Å². The van der Waals surface area contributed by atoms with Crippen LogP contribution in [0.4, 0.5) is 0 Å². The van der Waals surface area contributed by atoms with E-state index < -0.39 is 0 Å². The first kappa shape index (κ1) is 13.6. The molecule has 3 nitrogen and oxygen atoms in total. The summed E-state index contributed by atoms with van der Waals surface area (Å²) in [5, 5.41) is 2.74. The molecule has 1 amide bonds. The molecule has 0 radical (unpaired) electrons. The third-order valence-corrected chi connectivity index (χ3v) is 3.19. The second kappa shape index (κ2) is 6.32. The highest BCUT2D eigenvalue weighted by molar-refractivity contribution is 9.11. The molecule has 0 aliphatic heterocycles. The van der Waals surface area contributed by atoms with Crippen LogP contribution >= 0.6 is 44.1 Å². The van der Waals surface area contributed by atoms with Gasteiger partial charge in [-0.05, 0) is 34.1 Å². The van der Waals surface area contributed by atoms with Gasteiger partial charge in [-0.15, -0.1) is 0 Å². The van der Waals surface area contributed by atoms with Gasteiger partial charge in [-0.1, -0.05) is 28.1 Å². The lowest BCUT2D eigenvalue weighted by atomic mass is 10.2. The molecule has 1 aromatic carbocycles. The summed E-state index contributed by atoms with van der Waals surface area (Å²) in [6.45, 7) is 0.455. The van der Waals surface area contributed by atoms with Gasteiger partial charge < -0.3 is 11.1 Å². The molecule has 0 aromatic heterocycles. The first-order valence-electron chi connectivity index (χ1n) is 4.52. The highest BCUT2D eigenvalue weighted by Crippen LogP contribution is 2.21. The molecule has 0 heterocycles. The minimum atomic E-state index is -0.143. The van der Waals surface area contributed by atoms with E-state index in [1.165, 1.54) is 0 Å². The van der Waals surface area contributed by atoms with Crippen LogP contribution in [-0.4, -0.2) is 17.4 Å². The SMILES string of the molecule is NC(=S)CCNC(=O)c1ccc(Br)cc1Br. The molecule has 1 rings (SSSR count). The van der Waals surface area contributed by atoms with Crippen molar-refractivity contribution in [2.75, 3.05) is 6.54 Å². The van der Waals surface area contributed by atoms with Gasteiger partial charge in [0.05, 0.1) is 10.6 Å². The number of rotatable bonds is 4. The largest absolute Gasteiger partial charge is 0.393 e. The average molecular weight is 366 g/mol. The third-order valence-electron chi connectivity index (χ3n) is 1.83. The van der Waals surface area contributed by atoms with Crippen molar-refractivity contribution in [3.05, 3.63) is 32.7 Å². The Morgan fingerprint density at radius 1 is 1.44 bits per heavy atom. The van der Waals surface area contributed by atoms with Crippen LogP contribution in [0.15, 0.2) is 27.1 Å². The Bertz CT molecular complexity index is 423. The quantitative estimate of drug-likeness (QED) is 0.806. The molecular weight excluding hydrogens is 356 g/mol. The van der Waals surface area contributed by atoms with E-state index >= 15 is 0 Å². The molecule has 6 heteroatoms. The molecule has 0 unspecified atom stereocenters. The number of thiocarbonyl (C=S) groups is 1. The van der Waals surface area contributed by atoms with Crippen LogP contribution in [0, 0.1) is 0 Å². The fraction of sp³-hybridized carbons (Fsp3) is 0.200. The van der Waals surface area contributed by atoms with Crippen molar-refractivity contribution in [3.63, 3.8) is 0 Å². The van der Waals surface area contributed by atoms with Crippen molar-refractivity contribution in [1.29, 1.82) is 0 Å². The summed E-state index contributed by atoms with van der Waals surface area (Å²) in [6.07, 6.45) is 0.509. The van der Waals surface area contributed by atoms with Gasteiger partial charge in [-0.3, -0.25) is 4.79 Å². The standard InChI is InChI=1S/C10H10Br2N2OS/c11-6-1-2-7(8(12)5-6)10(15)14-4-3-9(13)16/h1-2,5H,3-4H2,(H2,13,16)(H,14,15). The maximum atomic E-state index is 11.7. The van der Waals surface area contributed by atoms with Gasteiger partial charge in [0.25, 0.3) is 5.91 Å². The monoisotopic (exact) mass is 364 g/mol. The Morgan fingerprint density at radius 3 is 2.69 bits per heavy atom. The van der Waals surface area contributed by atoms with Gasteiger partial charge in [-0.25, -0.2) is 0 Å². The number of nitrogens with one attached hydrogen (secondary N) is 1. The Morgan fingerprint density at radius 2 is 2.12 bits per heavy atom. The molecule has 0 bridgehead atoms. The first-order valence-corrected chi connectivity index (χ1v) is 6.51. The summed E-state index contributed by atoms with van der Waals surface area (Å²) in [5.74, 6) is -0.143. The molecule has 0 aliphatic rings. The van der Waals surface area contributed by atoms with Gasteiger partial charge in [0, 0.05) is 21.9 Å². The van der Waals surface area contributed by atoms with Crippen molar-refractivity contribution in [1.82, 2.24) is 5.32 Å². The smallest absolute Gasteiger partial charge is 0.252 e. The molecule has 3 N–H and O–H groups in total. The zero-order chi connectivity index (χ0) is 12.1. The molecule has 0 fully saturated rings. The number of carbonyl (C=O) groups excluding carboxylic acids is 1. The van der Waals surface area contributed by atoms with Crippen molar-refractivity contribution in [3.8, 4) is 0 Å². The second-order valence-corrected chi connectivity index (χ2v) is 5.39. The predicted octanol–water partition coefficient (Wildman–Crippen LogP) is 2.62. The molecule has 16 heavy (non-hydrogen) atoms. The lowest BCUT2D eigenvalue weighted by Crippen LogP contribution is -2.27. The lowest BCUT2D eigenvalue weighted by molar-refractivity contribution is 0.0954. The Hall–Kier alpha value is -0.460. The van der Waals surface area contributed by atoms with E-state index in [4.69, 9.17) is 18.0 Å². The van der Waals surface area contributed by atoms with Gasteiger partial charge in [0.1, 0.15) is 0 Å². The van der Waals surface area contributed by atoms with E-state index in [9.17, 15) is 4.79 Å². The highest BCUT2D eigenvalue weighted by Gasteiger charge is 2.09. The van der Waals surface area contributed by atoms with E-state index in [2.05, 4.69) is 37.2 Å². The van der Waals surface area contributed by atoms with Crippen molar-refractivity contribution >= 4 is 55.0 Å². The van der Waals surface area contributed by atoms with Crippen molar-refractivity contribution in [2.24, 2.45) is 5.73 Å². The maximum absolute atomic E-state index is 11.7. The van der Waals surface area contributed by atoms with E-state index in [-0.39, 0.29) is 5.91 Å². The second-order valence-electron chi connectivity index (χ2n) is 3.10. The van der Waals surface area contributed by atoms with Crippen LogP contribution in [0.5, 0.6) is 0 Å². The maximum Gasteiger partial charge on any atom is 0.252 e. The van der Waals surface area contributed by atoms with Crippen LogP contribution in [0.25, 0.3) is 0 Å². The van der Waals surface area contributed by atoms with Gasteiger partial charge in [0.15, 0.2) is 0 Å². The first-order chi connectivity index (χ1) is 7.50. The fourth-order valence-electron chi connectivity index (χ4n) is 1.07. The highest BCUT2D eigenvalue weighted by atomic mass is 79.9. The fourth-order valence-corrected chi connectivity index (χ4v) is 2.40. The number of carbonyl (C=O) groups is 1. The van der Waals surface area contributed by atoms with Crippen LogP contribution < -0.4 is 11.1 Å². The molecular formula is C10H10Br2N2OS. The zero-order valence-electron chi connectivity index (χ0n) is 8.30. The van der Waals surface area contributed by atoms with Gasteiger partial charge in [-0.2, -0.15) is 0 Å². The summed E-state index contributed by atoms with van der Waals surface area (Å²) < 4.78 is 1.66. The molecule has 0 saturated carbocycles. The van der Waals surface area contributed by atoms with Gasteiger partial charge >= 0.3 is 0 Å². The van der Waals surface area contributed by atoms with E-state index in [1.54, 1.807) is 6.07 Å². The van der Waals surface area contributed by atoms with E-state index in [0.717, 1.165) is 8.95 Å². The number of amides is 1. The summed E-state index contributed by atoms with van der Waals surface area (Å²) in [6, 6.07) is 5.37. The van der Waals surface area contributed by atoms with Crippen molar-refractivity contribution < 1.29 is 4.79 Å². The number of benzene rings is 1. The molecule has 86 valence electrons. The van der Waals surface area contributed by atoms with Crippen molar-refractivity contribution in [2.45, 2.75) is 6.42 Å². The molecule has 0 spiro atoms. The number of hydrogen-bond donors (Lipinski definition) is 2. The summed E-state index contributed by atoms with van der Waals surface area (Å²) >= 11 is 11.4. The van der Waals surface area contributed by atoms with Crippen LogP contribution in [-0.2, 0) is 0 Å². The average Bonchev–Trinajstić information content (AvgIpc) is 2.16. The number of nitrogens with two attached hydrogens (primary N) is 1. The Labute approximate surface area is 116 Å². The summed E-state index contributed by atoms with van der Waals surface area (Å²) in [4.78, 5) is 12.1. The molecule has 0 aliphatic carbocycles. The molecule has 0 atom stereocenters. The van der Waals surface area contributed by atoms with E-state index in [0.29, 0.717) is 23.5 Å². The van der Waals surface area contributed by atoms with Crippen LogP contribution in [0.2, 0.25) is 0 Å².